The number of nitrogens with zero attached hydrogens (tertiary/aromatic N) is 2. The number of benzene rings is 3. The van der Waals surface area contributed by atoms with Gasteiger partial charge in [0.2, 0.25) is 11.8 Å². The number of aromatic nitrogens is 2. The van der Waals surface area contributed by atoms with E-state index in [4.69, 9.17) is 5.73 Å². The number of primary amides is 1. The van der Waals surface area contributed by atoms with Crippen molar-refractivity contribution in [3.63, 3.8) is 0 Å². The molecular weight excluding hydrogens is 395 g/mol. The Morgan fingerprint density at radius 3 is 2.52 bits per heavy atom. The van der Waals surface area contributed by atoms with E-state index < -0.39 is 11.7 Å². The van der Waals surface area contributed by atoms with Crippen LogP contribution in [0.4, 0.5) is 4.39 Å². The zero-order valence-electron chi connectivity index (χ0n) is 17.1. The predicted molar refractivity (Wildman–Crippen MR) is 117 cm³/mol. The maximum absolute atomic E-state index is 14.3. The third-order valence-electron chi connectivity index (χ3n) is 5.33. The molecule has 0 bridgehead atoms. The van der Waals surface area contributed by atoms with Crippen LogP contribution in [0.3, 0.4) is 0 Å². The third kappa shape index (κ3) is 3.90. The average molecular weight is 416 g/mol. The maximum Gasteiger partial charge on any atom is 0.248 e. The van der Waals surface area contributed by atoms with Crippen LogP contribution in [0, 0.1) is 12.7 Å². The van der Waals surface area contributed by atoms with E-state index in [0.29, 0.717) is 17.5 Å². The summed E-state index contributed by atoms with van der Waals surface area (Å²) in [5.41, 5.74) is 9.96. The van der Waals surface area contributed by atoms with Crippen LogP contribution in [0.2, 0.25) is 0 Å². The lowest BCUT2D eigenvalue weighted by atomic mass is 9.96. The molecule has 0 saturated carbocycles. The number of rotatable bonds is 5. The first-order valence-electron chi connectivity index (χ1n) is 9.75. The topological polar surface area (TPSA) is 90.0 Å². The van der Waals surface area contributed by atoms with Gasteiger partial charge in [0.1, 0.15) is 5.82 Å². The number of fused-ring (bicyclic) bond motifs is 1. The maximum atomic E-state index is 14.3. The number of hydrogen-bond acceptors (Lipinski definition) is 3. The van der Waals surface area contributed by atoms with Crippen molar-refractivity contribution in [2.45, 2.75) is 13.3 Å². The van der Waals surface area contributed by atoms with Crippen LogP contribution in [0.15, 0.2) is 60.8 Å². The lowest BCUT2D eigenvalue weighted by Gasteiger charge is -2.10. The quantitative estimate of drug-likeness (QED) is 0.522. The first-order valence-corrected chi connectivity index (χ1v) is 9.75. The number of halogens is 1. The van der Waals surface area contributed by atoms with Gasteiger partial charge < -0.3 is 11.1 Å². The van der Waals surface area contributed by atoms with Crippen molar-refractivity contribution in [2.75, 3.05) is 7.05 Å². The Morgan fingerprint density at radius 1 is 1.10 bits per heavy atom. The zero-order chi connectivity index (χ0) is 22.1. The molecule has 0 aliphatic rings. The minimum absolute atomic E-state index is 0.0445. The Labute approximate surface area is 178 Å². The van der Waals surface area contributed by atoms with E-state index in [1.807, 2.05) is 42.5 Å². The summed E-state index contributed by atoms with van der Waals surface area (Å²) in [4.78, 5) is 23.1. The minimum atomic E-state index is -0.672. The van der Waals surface area contributed by atoms with Gasteiger partial charge in [-0.05, 0) is 65.6 Å². The van der Waals surface area contributed by atoms with Crippen LogP contribution < -0.4 is 11.1 Å². The smallest absolute Gasteiger partial charge is 0.248 e. The lowest BCUT2D eigenvalue weighted by Crippen LogP contribution is -2.19. The zero-order valence-corrected chi connectivity index (χ0v) is 17.1. The minimum Gasteiger partial charge on any atom is -0.366 e. The molecular formula is C24H21FN4O2. The molecule has 31 heavy (non-hydrogen) atoms. The molecule has 0 unspecified atom stereocenters. The van der Waals surface area contributed by atoms with Crippen LogP contribution in [0.1, 0.15) is 21.5 Å². The van der Waals surface area contributed by atoms with E-state index in [0.717, 1.165) is 33.8 Å². The Morgan fingerprint density at radius 2 is 1.84 bits per heavy atom. The summed E-state index contributed by atoms with van der Waals surface area (Å²) >= 11 is 0. The molecule has 0 saturated heterocycles. The van der Waals surface area contributed by atoms with Crippen LogP contribution >= 0.6 is 0 Å². The molecule has 7 heteroatoms. The fourth-order valence-electron chi connectivity index (χ4n) is 3.56. The first-order chi connectivity index (χ1) is 14.9. The summed E-state index contributed by atoms with van der Waals surface area (Å²) in [6.07, 6.45) is 2.06. The van der Waals surface area contributed by atoms with Crippen molar-refractivity contribution in [1.29, 1.82) is 0 Å². The van der Waals surface area contributed by atoms with Crippen molar-refractivity contribution in [2.24, 2.45) is 5.73 Å². The van der Waals surface area contributed by atoms with Gasteiger partial charge in [0.25, 0.3) is 0 Å². The second-order valence-corrected chi connectivity index (χ2v) is 7.34. The molecule has 0 aliphatic heterocycles. The van der Waals surface area contributed by atoms with Crippen molar-refractivity contribution in [3.8, 4) is 16.8 Å². The van der Waals surface area contributed by atoms with Gasteiger partial charge in [-0.25, -0.2) is 9.07 Å². The second kappa shape index (κ2) is 8.02. The summed E-state index contributed by atoms with van der Waals surface area (Å²) in [5, 5.41) is 7.96. The van der Waals surface area contributed by atoms with Gasteiger partial charge in [0, 0.05) is 18.0 Å². The number of hydrogen-bond donors (Lipinski definition) is 2. The van der Waals surface area contributed by atoms with Crippen molar-refractivity contribution in [1.82, 2.24) is 15.1 Å². The summed E-state index contributed by atoms with van der Waals surface area (Å²) in [5.74, 6) is -1.19. The highest BCUT2D eigenvalue weighted by Crippen LogP contribution is 2.30. The van der Waals surface area contributed by atoms with Gasteiger partial charge >= 0.3 is 0 Å². The van der Waals surface area contributed by atoms with Gasteiger partial charge in [0.05, 0.1) is 23.8 Å². The molecule has 4 rings (SSSR count). The second-order valence-electron chi connectivity index (χ2n) is 7.34. The molecule has 1 aromatic heterocycles. The Balaban J connectivity index is 1.71. The number of nitrogens with two attached hydrogens (primary N) is 1. The Bertz CT molecular complexity index is 1310. The van der Waals surface area contributed by atoms with E-state index in [9.17, 15) is 14.0 Å². The largest absolute Gasteiger partial charge is 0.366 e. The highest BCUT2D eigenvalue weighted by molar-refractivity contribution is 5.95. The number of carbonyl (C=O) groups excluding carboxylic acids is 2. The molecule has 6 nitrogen and oxygen atoms in total. The van der Waals surface area contributed by atoms with Gasteiger partial charge in [-0.15, -0.1) is 0 Å². The van der Waals surface area contributed by atoms with Crippen LogP contribution in [0.5, 0.6) is 0 Å². The van der Waals surface area contributed by atoms with Gasteiger partial charge in [-0.1, -0.05) is 18.2 Å². The fourth-order valence-corrected chi connectivity index (χ4v) is 3.56. The summed E-state index contributed by atoms with van der Waals surface area (Å²) < 4.78 is 16.1. The number of amides is 2. The molecule has 0 atom stereocenters. The highest BCUT2D eigenvalue weighted by Gasteiger charge is 2.14. The molecule has 3 N–H and O–H groups in total. The number of nitrogens with one attached hydrogen (secondary N) is 1. The van der Waals surface area contributed by atoms with Crippen LogP contribution in [-0.2, 0) is 11.2 Å². The van der Waals surface area contributed by atoms with Crippen molar-refractivity contribution >= 4 is 22.7 Å². The lowest BCUT2D eigenvalue weighted by molar-refractivity contribution is -0.119. The monoisotopic (exact) mass is 416 g/mol. The molecule has 4 aromatic rings. The SMILES string of the molecule is CNC(=O)Cc1ccc(-n2ncc3cc(-c4cc(C(N)=O)cc(F)c4C)ccc32)cc1. The van der Waals surface area contributed by atoms with Gasteiger partial charge in [0.15, 0.2) is 0 Å². The van der Waals surface area contributed by atoms with Gasteiger partial charge in [-0.3, -0.25) is 9.59 Å². The van der Waals surface area contributed by atoms with Crippen molar-refractivity contribution < 1.29 is 14.0 Å². The number of carbonyl (C=O) groups is 2. The molecule has 2 amide bonds. The van der Waals surface area contributed by atoms with Crippen LogP contribution in [0.25, 0.3) is 27.7 Å². The molecule has 0 fully saturated rings. The standard InChI is InChI=1S/C24H21FN4O2/c1-14-20(11-17(24(26)31)12-21(14)25)16-5-8-22-18(10-16)13-28-29(22)19-6-3-15(4-7-19)9-23(30)27-2/h3-8,10-13H,9H2,1-2H3,(H2,26,31)(H,27,30). The summed E-state index contributed by atoms with van der Waals surface area (Å²) in [7, 11) is 1.61. The average Bonchev–Trinajstić information content (AvgIpc) is 3.19. The molecule has 156 valence electrons. The number of likely N-dealkylation sites (N-methyl/N-ethyl adjacent to an activating group) is 1. The summed E-state index contributed by atoms with van der Waals surface area (Å²) in [6, 6.07) is 16.1. The van der Waals surface area contributed by atoms with E-state index in [-0.39, 0.29) is 11.5 Å². The molecule has 1 heterocycles. The highest BCUT2D eigenvalue weighted by atomic mass is 19.1. The molecule has 3 aromatic carbocycles. The molecule has 0 aliphatic carbocycles. The third-order valence-corrected chi connectivity index (χ3v) is 5.33. The van der Waals surface area contributed by atoms with Gasteiger partial charge in [-0.2, -0.15) is 5.10 Å². The predicted octanol–water partition coefficient (Wildman–Crippen LogP) is 3.53. The first kappa shape index (κ1) is 20.3. The Kier molecular flexibility index (Phi) is 5.25. The molecule has 0 spiro atoms. The van der Waals surface area contributed by atoms with Crippen molar-refractivity contribution in [3.05, 3.63) is 83.3 Å². The van der Waals surface area contributed by atoms with Crippen LogP contribution in [-0.4, -0.2) is 28.6 Å². The van der Waals surface area contributed by atoms with E-state index >= 15 is 0 Å². The Hall–Kier alpha value is -4.00. The summed E-state index contributed by atoms with van der Waals surface area (Å²) in [6.45, 7) is 1.67. The van der Waals surface area contributed by atoms with E-state index in [2.05, 4.69) is 10.4 Å². The normalized spacial score (nSPS) is 10.9. The van der Waals surface area contributed by atoms with E-state index in [1.54, 1.807) is 30.9 Å². The molecule has 0 radical (unpaired) electrons. The fraction of sp³-hybridized carbons (Fsp3) is 0.125. The van der Waals surface area contributed by atoms with E-state index in [1.165, 1.54) is 0 Å².